The fourth-order valence-electron chi connectivity index (χ4n) is 2.88. The number of carbonyl (C=O) groups is 1. The van der Waals surface area contributed by atoms with Gasteiger partial charge in [0.1, 0.15) is 0 Å². The highest BCUT2D eigenvalue weighted by Gasteiger charge is 2.41. The third kappa shape index (κ3) is 1.89. The minimum Gasteiger partial charge on any atom is -0.479 e. The fourth-order valence-corrected chi connectivity index (χ4v) is 2.88. The van der Waals surface area contributed by atoms with Gasteiger partial charge in [0.2, 0.25) is 0 Å². The molecule has 1 fully saturated rings. The molecule has 0 aliphatic heterocycles. The van der Waals surface area contributed by atoms with Crippen LogP contribution in [0.1, 0.15) is 64.1 Å². The van der Waals surface area contributed by atoms with E-state index in [1.807, 2.05) is 13.8 Å². The Kier molecular flexibility index (Phi) is 3.63. The van der Waals surface area contributed by atoms with E-state index in [-0.39, 0.29) is 0 Å². The van der Waals surface area contributed by atoms with Crippen molar-refractivity contribution in [2.24, 2.45) is 0 Å². The molecule has 1 aliphatic rings. The molecule has 1 aromatic rings. The lowest BCUT2D eigenvalue weighted by molar-refractivity contribution is -0.149. The topological polar surface area (TPSA) is 80.9 Å². The van der Waals surface area contributed by atoms with Crippen molar-refractivity contribution >= 4 is 5.97 Å². The summed E-state index contributed by atoms with van der Waals surface area (Å²) in [7, 11) is 0. The molecule has 0 amide bonds. The third-order valence-corrected chi connectivity index (χ3v) is 4.19. The number of hydrogen-bond acceptors (Lipinski definition) is 4. The molecule has 1 aromatic heterocycles. The van der Waals surface area contributed by atoms with Gasteiger partial charge in [0.05, 0.1) is 0 Å². The average Bonchev–Trinajstić information content (AvgIpc) is 3.01. The average molecular weight is 252 g/mol. The Morgan fingerprint density at radius 3 is 2.50 bits per heavy atom. The van der Waals surface area contributed by atoms with Crippen LogP contribution in [0, 0.1) is 0 Å². The maximum absolute atomic E-state index is 11.6. The Morgan fingerprint density at radius 2 is 2.00 bits per heavy atom. The summed E-state index contributed by atoms with van der Waals surface area (Å²) in [6.07, 6.45) is 5.45. The number of nitrogens with zero attached hydrogens (tertiary/aromatic N) is 4. The number of tetrazole rings is 1. The Hall–Kier alpha value is -1.46. The van der Waals surface area contributed by atoms with Gasteiger partial charge in [-0.05, 0) is 36.1 Å². The fraction of sp³-hybridized carbons (Fsp3) is 0.833. The van der Waals surface area contributed by atoms with Crippen molar-refractivity contribution in [3.8, 4) is 0 Å². The molecule has 0 saturated heterocycles. The number of aliphatic carboxylic acids is 1. The normalized spacial score (nSPS) is 17.2. The van der Waals surface area contributed by atoms with Crippen molar-refractivity contribution in [1.29, 1.82) is 0 Å². The van der Waals surface area contributed by atoms with Crippen LogP contribution in [0.25, 0.3) is 0 Å². The predicted molar refractivity (Wildman–Crippen MR) is 65.2 cm³/mol. The SMILES string of the molecule is CCC(CC)(C(=O)O)n1nnnc1C1CCCC1. The first kappa shape index (κ1) is 13.0. The summed E-state index contributed by atoms with van der Waals surface area (Å²) < 4.78 is 1.56. The molecule has 0 spiro atoms. The molecule has 100 valence electrons. The Balaban J connectivity index is 2.42. The molecule has 1 N–H and O–H groups in total. The van der Waals surface area contributed by atoms with Crippen LogP contribution < -0.4 is 0 Å². The van der Waals surface area contributed by atoms with Gasteiger partial charge in [-0.15, -0.1) is 5.10 Å². The molecule has 1 aliphatic carbocycles. The summed E-state index contributed by atoms with van der Waals surface area (Å²) in [5.41, 5.74) is -0.999. The number of hydrogen-bond donors (Lipinski definition) is 1. The number of rotatable bonds is 5. The van der Waals surface area contributed by atoms with Crippen LogP contribution in [0.5, 0.6) is 0 Å². The largest absolute Gasteiger partial charge is 0.479 e. The van der Waals surface area contributed by atoms with Crippen molar-refractivity contribution in [2.45, 2.75) is 63.8 Å². The van der Waals surface area contributed by atoms with Gasteiger partial charge in [-0.3, -0.25) is 0 Å². The summed E-state index contributed by atoms with van der Waals surface area (Å²) in [5, 5.41) is 21.3. The first-order chi connectivity index (χ1) is 8.65. The van der Waals surface area contributed by atoms with E-state index in [0.29, 0.717) is 18.8 Å². The van der Waals surface area contributed by atoms with E-state index in [1.54, 1.807) is 4.68 Å². The van der Waals surface area contributed by atoms with E-state index < -0.39 is 11.5 Å². The van der Waals surface area contributed by atoms with Crippen LogP contribution in [0.4, 0.5) is 0 Å². The van der Waals surface area contributed by atoms with Gasteiger partial charge in [-0.2, -0.15) is 0 Å². The standard InChI is InChI=1S/C12H20N4O2/c1-3-12(4-2,11(17)18)16-10(13-14-15-16)9-7-5-6-8-9/h9H,3-8H2,1-2H3,(H,17,18). The summed E-state index contributed by atoms with van der Waals surface area (Å²) >= 11 is 0. The molecule has 2 rings (SSSR count). The van der Waals surface area contributed by atoms with E-state index in [0.717, 1.165) is 18.7 Å². The lowest BCUT2D eigenvalue weighted by Gasteiger charge is -2.28. The molecule has 1 heterocycles. The minimum atomic E-state index is -0.999. The molecular weight excluding hydrogens is 232 g/mol. The monoisotopic (exact) mass is 252 g/mol. The van der Waals surface area contributed by atoms with Crippen LogP contribution in [-0.4, -0.2) is 31.3 Å². The van der Waals surface area contributed by atoms with Crippen molar-refractivity contribution in [3.63, 3.8) is 0 Å². The molecule has 0 bridgehead atoms. The summed E-state index contributed by atoms with van der Waals surface area (Å²) in [6, 6.07) is 0. The zero-order chi connectivity index (χ0) is 13.2. The number of aromatic nitrogens is 4. The van der Waals surface area contributed by atoms with E-state index in [9.17, 15) is 9.90 Å². The van der Waals surface area contributed by atoms with E-state index in [1.165, 1.54) is 12.8 Å². The zero-order valence-corrected chi connectivity index (χ0v) is 11.0. The molecule has 0 radical (unpaired) electrons. The second-order valence-corrected chi connectivity index (χ2v) is 4.97. The number of carboxylic acid groups (broad SMARTS) is 1. The van der Waals surface area contributed by atoms with Gasteiger partial charge in [0.15, 0.2) is 11.4 Å². The summed E-state index contributed by atoms with van der Waals surface area (Å²) in [5.74, 6) is 0.217. The van der Waals surface area contributed by atoms with Crippen molar-refractivity contribution in [2.75, 3.05) is 0 Å². The van der Waals surface area contributed by atoms with E-state index >= 15 is 0 Å². The molecule has 0 atom stereocenters. The van der Waals surface area contributed by atoms with Gasteiger partial charge in [-0.25, -0.2) is 9.48 Å². The first-order valence-corrected chi connectivity index (χ1v) is 6.68. The Labute approximate surface area is 106 Å². The van der Waals surface area contributed by atoms with Crippen LogP contribution in [0.3, 0.4) is 0 Å². The Bertz CT molecular complexity index is 419. The van der Waals surface area contributed by atoms with Gasteiger partial charge >= 0.3 is 5.97 Å². The minimum absolute atomic E-state index is 0.317. The van der Waals surface area contributed by atoms with Gasteiger partial charge in [0, 0.05) is 5.92 Å². The summed E-state index contributed by atoms with van der Waals surface area (Å²) in [6.45, 7) is 3.75. The first-order valence-electron chi connectivity index (χ1n) is 6.68. The van der Waals surface area contributed by atoms with Crippen LogP contribution in [0.2, 0.25) is 0 Å². The zero-order valence-electron chi connectivity index (χ0n) is 11.0. The molecule has 6 heteroatoms. The van der Waals surface area contributed by atoms with E-state index in [2.05, 4.69) is 15.5 Å². The van der Waals surface area contributed by atoms with Crippen LogP contribution in [-0.2, 0) is 10.3 Å². The van der Waals surface area contributed by atoms with Crippen molar-refractivity contribution < 1.29 is 9.90 Å². The second-order valence-electron chi connectivity index (χ2n) is 4.97. The molecular formula is C12H20N4O2. The smallest absolute Gasteiger partial charge is 0.331 e. The van der Waals surface area contributed by atoms with Gasteiger partial charge in [0.25, 0.3) is 0 Å². The lowest BCUT2D eigenvalue weighted by atomic mass is 9.92. The second kappa shape index (κ2) is 5.04. The van der Waals surface area contributed by atoms with E-state index in [4.69, 9.17) is 0 Å². The molecule has 18 heavy (non-hydrogen) atoms. The maximum atomic E-state index is 11.6. The summed E-state index contributed by atoms with van der Waals surface area (Å²) in [4.78, 5) is 11.6. The molecule has 1 saturated carbocycles. The Morgan fingerprint density at radius 1 is 1.39 bits per heavy atom. The van der Waals surface area contributed by atoms with Gasteiger partial charge < -0.3 is 5.11 Å². The lowest BCUT2D eigenvalue weighted by Crippen LogP contribution is -2.43. The van der Waals surface area contributed by atoms with Crippen molar-refractivity contribution in [3.05, 3.63) is 5.82 Å². The van der Waals surface area contributed by atoms with Crippen molar-refractivity contribution in [1.82, 2.24) is 20.2 Å². The number of carboxylic acids is 1. The quantitative estimate of drug-likeness (QED) is 0.866. The predicted octanol–water partition coefficient (Wildman–Crippen LogP) is 1.93. The highest BCUT2D eigenvalue weighted by Crippen LogP contribution is 2.36. The van der Waals surface area contributed by atoms with Crippen LogP contribution in [0.15, 0.2) is 0 Å². The highest BCUT2D eigenvalue weighted by molar-refractivity contribution is 5.76. The molecule has 0 aromatic carbocycles. The van der Waals surface area contributed by atoms with Crippen LogP contribution >= 0.6 is 0 Å². The third-order valence-electron chi connectivity index (χ3n) is 4.19. The molecule has 0 unspecified atom stereocenters. The molecule has 6 nitrogen and oxygen atoms in total. The maximum Gasteiger partial charge on any atom is 0.331 e. The highest BCUT2D eigenvalue weighted by atomic mass is 16.4. The van der Waals surface area contributed by atoms with Gasteiger partial charge in [-0.1, -0.05) is 26.7 Å².